The van der Waals surface area contributed by atoms with Crippen molar-refractivity contribution in [2.75, 3.05) is 13.2 Å². The van der Waals surface area contributed by atoms with Crippen LogP contribution in [-0.2, 0) is 10.9 Å². The van der Waals surface area contributed by atoms with Gasteiger partial charge in [0.1, 0.15) is 0 Å². The summed E-state index contributed by atoms with van der Waals surface area (Å²) in [6.07, 6.45) is -2.97. The van der Waals surface area contributed by atoms with Gasteiger partial charge in [0.15, 0.2) is 17.0 Å². The molecule has 1 amide bonds. The number of nitrogens with zero attached hydrogens (tertiary/aromatic N) is 3. The number of ether oxygens (including phenoxy) is 1. The van der Waals surface area contributed by atoms with Crippen molar-refractivity contribution in [3.63, 3.8) is 0 Å². The van der Waals surface area contributed by atoms with Gasteiger partial charge in [0.25, 0.3) is 5.91 Å². The lowest BCUT2D eigenvalue weighted by Gasteiger charge is -2.11. The van der Waals surface area contributed by atoms with Crippen molar-refractivity contribution in [1.82, 2.24) is 19.9 Å². The average molecular weight is 404 g/mol. The van der Waals surface area contributed by atoms with Crippen LogP contribution in [0.1, 0.15) is 34.6 Å². The molecule has 0 bridgehead atoms. The number of carbonyl (C=O) groups is 1. The Morgan fingerprint density at radius 3 is 2.69 bits per heavy atom. The van der Waals surface area contributed by atoms with E-state index in [2.05, 4.69) is 15.4 Å². The van der Waals surface area contributed by atoms with Gasteiger partial charge in [0.05, 0.1) is 11.8 Å². The number of hydrogen-bond donors (Lipinski definition) is 1. The highest BCUT2D eigenvalue weighted by atomic mass is 19.4. The van der Waals surface area contributed by atoms with Gasteiger partial charge in [-0.1, -0.05) is 29.8 Å². The van der Waals surface area contributed by atoms with Crippen LogP contribution < -0.4 is 5.32 Å². The maximum atomic E-state index is 13.6. The Morgan fingerprint density at radius 2 is 2.03 bits per heavy atom. The molecule has 29 heavy (non-hydrogen) atoms. The second-order valence-corrected chi connectivity index (χ2v) is 7.04. The molecule has 1 atom stereocenters. The van der Waals surface area contributed by atoms with Crippen molar-refractivity contribution in [2.24, 2.45) is 0 Å². The van der Waals surface area contributed by atoms with E-state index in [-0.39, 0.29) is 23.1 Å². The smallest absolute Gasteiger partial charge is 0.376 e. The SMILES string of the molecule is Cc1ccc(-c2cc(C(F)(F)F)n3nc(C(=O)NC[C@@H]4CCCO4)cc3n2)cc1. The van der Waals surface area contributed by atoms with Gasteiger partial charge < -0.3 is 10.1 Å². The van der Waals surface area contributed by atoms with Crippen molar-refractivity contribution in [3.8, 4) is 11.3 Å². The number of rotatable bonds is 4. The van der Waals surface area contributed by atoms with Crippen molar-refractivity contribution in [3.05, 3.63) is 53.3 Å². The van der Waals surface area contributed by atoms with Crippen LogP contribution in [0, 0.1) is 6.92 Å². The molecule has 9 heteroatoms. The van der Waals surface area contributed by atoms with Gasteiger partial charge in [-0.2, -0.15) is 18.3 Å². The van der Waals surface area contributed by atoms with Crippen LogP contribution in [0.15, 0.2) is 36.4 Å². The Labute approximate surface area is 164 Å². The Hall–Kier alpha value is -2.94. The maximum Gasteiger partial charge on any atom is 0.433 e. The Bertz CT molecular complexity index is 1040. The highest BCUT2D eigenvalue weighted by Gasteiger charge is 2.35. The van der Waals surface area contributed by atoms with Gasteiger partial charge in [-0.05, 0) is 25.8 Å². The van der Waals surface area contributed by atoms with Gasteiger partial charge in [0.2, 0.25) is 0 Å². The summed E-state index contributed by atoms with van der Waals surface area (Å²) in [6, 6.07) is 9.22. The first-order valence-corrected chi connectivity index (χ1v) is 9.26. The fourth-order valence-electron chi connectivity index (χ4n) is 3.26. The standard InChI is InChI=1S/C20H19F3N4O2/c1-12-4-6-13(7-5-12)15-9-17(20(21,22)23)27-18(25-15)10-16(26-27)19(28)24-11-14-3-2-8-29-14/h4-7,9-10,14H,2-3,8,11H2,1H3,(H,24,28)/t14-/m0/s1. The lowest BCUT2D eigenvalue weighted by molar-refractivity contribution is -0.142. The van der Waals surface area contributed by atoms with Gasteiger partial charge in [-0.25, -0.2) is 9.50 Å². The molecule has 4 rings (SSSR count). The maximum absolute atomic E-state index is 13.6. The molecule has 1 saturated heterocycles. The third-order valence-electron chi connectivity index (χ3n) is 4.81. The fraction of sp³-hybridized carbons (Fsp3) is 0.350. The number of carbonyl (C=O) groups excluding carboxylic acids is 1. The lowest BCUT2D eigenvalue weighted by Crippen LogP contribution is -2.32. The largest absolute Gasteiger partial charge is 0.433 e. The van der Waals surface area contributed by atoms with Crippen molar-refractivity contribution >= 4 is 11.6 Å². The van der Waals surface area contributed by atoms with Gasteiger partial charge >= 0.3 is 6.18 Å². The Kier molecular flexibility index (Phi) is 4.99. The number of aromatic nitrogens is 3. The highest BCUT2D eigenvalue weighted by molar-refractivity contribution is 5.93. The number of hydrogen-bond acceptors (Lipinski definition) is 4. The molecule has 0 spiro atoms. The third kappa shape index (κ3) is 4.09. The molecule has 1 aromatic carbocycles. The Morgan fingerprint density at radius 1 is 1.28 bits per heavy atom. The second-order valence-electron chi connectivity index (χ2n) is 7.04. The highest BCUT2D eigenvalue weighted by Crippen LogP contribution is 2.32. The first-order chi connectivity index (χ1) is 13.8. The molecule has 0 unspecified atom stereocenters. The summed E-state index contributed by atoms with van der Waals surface area (Å²) >= 11 is 0. The molecule has 2 aromatic heterocycles. The van der Waals surface area contributed by atoms with Gasteiger partial charge in [0, 0.05) is 24.8 Å². The zero-order valence-electron chi connectivity index (χ0n) is 15.7. The minimum Gasteiger partial charge on any atom is -0.376 e. The van der Waals surface area contributed by atoms with Gasteiger partial charge in [-0.15, -0.1) is 0 Å². The minimum atomic E-state index is -4.65. The predicted molar refractivity (Wildman–Crippen MR) is 99.5 cm³/mol. The summed E-state index contributed by atoms with van der Waals surface area (Å²) in [5.41, 5.74) is 0.543. The van der Waals surface area contributed by atoms with E-state index in [1.165, 1.54) is 6.07 Å². The number of fused-ring (bicyclic) bond motifs is 1. The molecular formula is C20H19F3N4O2. The molecule has 1 aliphatic heterocycles. The van der Waals surface area contributed by atoms with Crippen LogP contribution >= 0.6 is 0 Å². The minimum absolute atomic E-state index is 0.0438. The van der Waals surface area contributed by atoms with Crippen LogP contribution in [-0.4, -0.2) is 39.8 Å². The molecule has 1 fully saturated rings. The van der Waals surface area contributed by atoms with E-state index < -0.39 is 17.8 Å². The number of aryl methyl sites for hydroxylation is 1. The third-order valence-corrected chi connectivity index (χ3v) is 4.81. The summed E-state index contributed by atoms with van der Waals surface area (Å²) in [7, 11) is 0. The first kappa shape index (κ1) is 19.4. The lowest BCUT2D eigenvalue weighted by atomic mass is 10.1. The van der Waals surface area contributed by atoms with Crippen molar-refractivity contribution in [2.45, 2.75) is 32.0 Å². The summed E-state index contributed by atoms with van der Waals surface area (Å²) in [6.45, 7) is 2.83. The second kappa shape index (κ2) is 7.47. The normalized spacial score (nSPS) is 17.0. The first-order valence-electron chi connectivity index (χ1n) is 9.26. The Balaban J connectivity index is 1.70. The van der Waals surface area contributed by atoms with E-state index in [1.807, 2.05) is 6.92 Å². The molecule has 3 aromatic rings. The van der Waals surface area contributed by atoms with E-state index in [1.54, 1.807) is 24.3 Å². The van der Waals surface area contributed by atoms with E-state index in [0.717, 1.165) is 24.5 Å². The summed E-state index contributed by atoms with van der Waals surface area (Å²) < 4.78 is 47.0. The van der Waals surface area contributed by atoms with Crippen LogP contribution in [0.2, 0.25) is 0 Å². The molecule has 152 valence electrons. The van der Waals surface area contributed by atoms with Crippen LogP contribution in [0.5, 0.6) is 0 Å². The zero-order chi connectivity index (χ0) is 20.6. The summed E-state index contributed by atoms with van der Waals surface area (Å²) in [4.78, 5) is 16.7. The number of nitrogens with one attached hydrogen (secondary N) is 1. The topological polar surface area (TPSA) is 68.5 Å². The monoisotopic (exact) mass is 404 g/mol. The van der Waals surface area contributed by atoms with Crippen LogP contribution in [0.4, 0.5) is 13.2 Å². The summed E-state index contributed by atoms with van der Waals surface area (Å²) in [5.74, 6) is -0.559. The molecule has 6 nitrogen and oxygen atoms in total. The van der Waals surface area contributed by atoms with Crippen molar-refractivity contribution < 1.29 is 22.7 Å². The number of amides is 1. The predicted octanol–water partition coefficient (Wildman–Crippen LogP) is 3.63. The summed E-state index contributed by atoms with van der Waals surface area (Å²) in [5, 5.41) is 6.52. The zero-order valence-corrected chi connectivity index (χ0v) is 15.7. The molecule has 0 saturated carbocycles. The van der Waals surface area contributed by atoms with Crippen LogP contribution in [0.3, 0.4) is 0 Å². The number of halogens is 3. The molecule has 0 radical (unpaired) electrons. The van der Waals surface area contributed by atoms with Gasteiger partial charge in [-0.3, -0.25) is 4.79 Å². The van der Waals surface area contributed by atoms with E-state index >= 15 is 0 Å². The van der Waals surface area contributed by atoms with Crippen LogP contribution in [0.25, 0.3) is 16.9 Å². The molecule has 0 aliphatic carbocycles. The molecular weight excluding hydrogens is 385 g/mol. The average Bonchev–Trinajstić information content (AvgIpc) is 3.34. The quantitative estimate of drug-likeness (QED) is 0.721. The molecule has 3 heterocycles. The van der Waals surface area contributed by atoms with E-state index in [0.29, 0.717) is 23.2 Å². The van der Waals surface area contributed by atoms with E-state index in [9.17, 15) is 18.0 Å². The molecule has 1 N–H and O–H groups in total. The van der Waals surface area contributed by atoms with E-state index in [4.69, 9.17) is 4.74 Å². The fourth-order valence-corrected chi connectivity index (χ4v) is 3.26. The van der Waals surface area contributed by atoms with Crippen molar-refractivity contribution in [1.29, 1.82) is 0 Å². The number of benzene rings is 1. The number of alkyl halides is 3. The molecule has 1 aliphatic rings.